The van der Waals surface area contributed by atoms with Gasteiger partial charge in [-0.15, -0.1) is 0 Å². The van der Waals surface area contributed by atoms with E-state index in [1.807, 2.05) is 64.1 Å². The number of phenolic OH excluding ortho intramolecular Hbond substituents is 1. The van der Waals surface area contributed by atoms with E-state index in [2.05, 4.69) is 45.2 Å². The summed E-state index contributed by atoms with van der Waals surface area (Å²) in [5.74, 6) is 0.758. The van der Waals surface area contributed by atoms with Crippen LogP contribution < -0.4 is 9.47 Å². The first-order chi connectivity index (χ1) is 34.3. The van der Waals surface area contributed by atoms with E-state index in [0.717, 1.165) is 47.8 Å². The Morgan fingerprint density at radius 1 is 0.425 bits per heavy atom. The van der Waals surface area contributed by atoms with Crippen molar-refractivity contribution in [3.8, 4) is 17.2 Å². The number of rotatable bonds is 19. The molecule has 0 spiro atoms. The number of halogens is 6. The van der Waals surface area contributed by atoms with E-state index in [0.29, 0.717) is 40.3 Å². The van der Waals surface area contributed by atoms with Crippen LogP contribution >= 0.6 is 67.8 Å². The molecule has 0 aromatic heterocycles. The molecule has 0 fully saturated rings. The van der Waals surface area contributed by atoms with Crippen molar-refractivity contribution < 1.29 is 65.6 Å². The second kappa shape index (κ2) is 30.8. The Bertz CT molecular complexity index is 2850. The molecule has 1 N–H and O–H groups in total. The van der Waals surface area contributed by atoms with Crippen LogP contribution in [0.3, 0.4) is 0 Å². The highest BCUT2D eigenvalue weighted by atomic mass is 127. The molecule has 0 unspecified atom stereocenters. The molecule has 0 heterocycles. The summed E-state index contributed by atoms with van der Waals surface area (Å²) in [5, 5.41) is 9.16. The molecule has 6 aromatic carbocycles. The Morgan fingerprint density at radius 2 is 0.712 bits per heavy atom. The van der Waals surface area contributed by atoms with Crippen LogP contribution in [0.5, 0.6) is 17.2 Å². The molecule has 0 saturated carbocycles. The lowest BCUT2D eigenvalue weighted by atomic mass is 10.2. The highest BCUT2D eigenvalue weighted by molar-refractivity contribution is 14.1. The fourth-order valence-corrected chi connectivity index (χ4v) is 11.2. The maximum absolute atomic E-state index is 13.2. The molecule has 0 atom stereocenters. The predicted molar refractivity (Wildman–Crippen MR) is 301 cm³/mol. The van der Waals surface area contributed by atoms with Crippen molar-refractivity contribution in [1.29, 1.82) is 0 Å². The fourth-order valence-electron chi connectivity index (χ4n) is 5.87. The van der Waals surface area contributed by atoms with Gasteiger partial charge in [0, 0.05) is 6.42 Å². The van der Waals surface area contributed by atoms with Gasteiger partial charge < -0.3 is 14.6 Å². The monoisotopic (exact) mass is 1410 g/mol. The molecular weight excluding hydrogens is 1350 g/mol. The topological polar surface area (TPSA) is 169 Å². The summed E-state index contributed by atoms with van der Waals surface area (Å²) in [6.07, 6.45) is 2.48. The van der Waals surface area contributed by atoms with Gasteiger partial charge in [0.2, 0.25) is 0 Å². The highest BCUT2D eigenvalue weighted by Crippen LogP contribution is 2.29. The van der Waals surface area contributed by atoms with Crippen LogP contribution in [0, 0.1) is 69.7 Å². The molecule has 0 aliphatic rings. The van der Waals surface area contributed by atoms with Gasteiger partial charge in [0.25, 0.3) is 30.4 Å². The van der Waals surface area contributed by atoms with Gasteiger partial charge in [-0.25, -0.2) is 13.2 Å². The zero-order valence-corrected chi connectivity index (χ0v) is 50.1. The second-order valence-corrected chi connectivity index (χ2v) is 24.5. The number of aromatic hydroxyl groups is 1. The summed E-state index contributed by atoms with van der Waals surface area (Å²) in [4.78, 5) is 0.349. The third-order valence-electron chi connectivity index (χ3n) is 9.82. The molecule has 21 heteroatoms. The number of aryl methyl sites for hydroxylation is 6. The maximum atomic E-state index is 13.2. The van der Waals surface area contributed by atoms with Gasteiger partial charge in [-0.2, -0.15) is 25.3 Å². The summed E-state index contributed by atoms with van der Waals surface area (Å²) in [5.41, 5.74) is 5.03. The van der Waals surface area contributed by atoms with E-state index in [4.69, 9.17) is 27.1 Å². The number of benzene rings is 6. The molecule has 6 aromatic rings. The number of unbranched alkanes of at least 4 members (excludes halogenated alkanes) is 1. The maximum Gasteiger partial charge on any atom is 0.296 e. The van der Waals surface area contributed by atoms with Crippen molar-refractivity contribution in [2.75, 3.05) is 33.0 Å². The molecule has 0 saturated heterocycles. The summed E-state index contributed by atoms with van der Waals surface area (Å²) >= 11 is 6.01. The minimum Gasteiger partial charge on any atom is -0.507 e. The van der Waals surface area contributed by atoms with Crippen LogP contribution in [0.25, 0.3) is 0 Å². The van der Waals surface area contributed by atoms with E-state index >= 15 is 0 Å². The molecule has 0 amide bonds. The Morgan fingerprint density at radius 3 is 1.01 bits per heavy atom. The number of hydrogen-bond donors (Lipinski definition) is 1. The van der Waals surface area contributed by atoms with Crippen molar-refractivity contribution >= 4 is 98.1 Å². The van der Waals surface area contributed by atoms with Gasteiger partial charge in [0.15, 0.2) is 0 Å². The van der Waals surface area contributed by atoms with Crippen LogP contribution in [0.15, 0.2) is 124 Å². The molecule has 0 radical (unpaired) electrons. The summed E-state index contributed by atoms with van der Waals surface area (Å²) in [7, 11) is -11.3. The Hall–Kier alpha value is -3.57. The zero-order chi connectivity index (χ0) is 54.5. The van der Waals surface area contributed by atoms with Crippen LogP contribution in [0.4, 0.5) is 13.2 Å². The first kappa shape index (κ1) is 63.7. The minimum absolute atomic E-state index is 0.0614. The number of hydrogen-bond acceptors (Lipinski definition) is 12. The Kier molecular flexibility index (Phi) is 26.9. The van der Waals surface area contributed by atoms with E-state index < -0.39 is 30.4 Å². The summed E-state index contributed by atoms with van der Waals surface area (Å²) in [6.45, 7) is 13.8. The minimum atomic E-state index is -3.85. The summed E-state index contributed by atoms with van der Waals surface area (Å²) < 4.78 is 138. The van der Waals surface area contributed by atoms with E-state index in [9.17, 15) is 38.4 Å². The molecule has 12 nitrogen and oxygen atoms in total. The average Bonchev–Trinajstić information content (AvgIpc) is 3.30. The highest BCUT2D eigenvalue weighted by Gasteiger charge is 2.18. The van der Waals surface area contributed by atoms with Crippen LogP contribution in [-0.4, -0.2) is 63.4 Å². The van der Waals surface area contributed by atoms with E-state index in [1.54, 1.807) is 55.5 Å². The van der Waals surface area contributed by atoms with Gasteiger partial charge >= 0.3 is 0 Å². The van der Waals surface area contributed by atoms with Crippen molar-refractivity contribution in [3.05, 3.63) is 171 Å². The smallest absolute Gasteiger partial charge is 0.296 e. The van der Waals surface area contributed by atoms with Crippen molar-refractivity contribution in [1.82, 2.24) is 0 Å². The normalized spacial score (nSPS) is 11.3. The number of phenols is 1. The van der Waals surface area contributed by atoms with Crippen molar-refractivity contribution in [3.63, 3.8) is 0 Å². The Labute approximate surface area is 469 Å². The van der Waals surface area contributed by atoms with Gasteiger partial charge in [0.05, 0.1) is 58.4 Å². The first-order valence-electron chi connectivity index (χ1n) is 22.5. The van der Waals surface area contributed by atoms with E-state index in [-0.39, 0.29) is 64.1 Å². The van der Waals surface area contributed by atoms with Gasteiger partial charge in [0.1, 0.15) is 34.7 Å². The first-order valence-corrected chi connectivity index (χ1v) is 29.9. The fraction of sp³-hybridized carbons (Fsp3) is 0.308. The van der Waals surface area contributed by atoms with Crippen molar-refractivity contribution in [2.24, 2.45) is 0 Å². The third-order valence-corrected chi connectivity index (χ3v) is 16.2. The number of ether oxygens (including phenoxy) is 2. The molecular formula is C52H58F3I3O12S3. The van der Waals surface area contributed by atoms with E-state index in [1.165, 1.54) is 60.7 Å². The van der Waals surface area contributed by atoms with Crippen LogP contribution in [0.2, 0.25) is 0 Å². The summed E-state index contributed by atoms with van der Waals surface area (Å²) in [6, 6.07) is 27.6. The van der Waals surface area contributed by atoms with Crippen LogP contribution in [0.1, 0.15) is 66.0 Å². The SMILES string of the molecule is CCCCOS(=O)(=O)c1ccc(C)cc1.Cc1cc(F)cc(I)c1O.Cc1cc(F)cc(I)c1OCCCOc1c(C)cc(F)cc1I.Cc1ccc(S(=O)(=O)OCCCOS(=O)(=O)c2ccc(C)cc2)cc1. The molecule has 73 heavy (non-hydrogen) atoms. The second-order valence-electron chi connectivity index (χ2n) is 16.1. The average molecular weight is 1410 g/mol. The molecule has 0 aliphatic carbocycles. The third kappa shape index (κ3) is 22.3. The molecule has 398 valence electrons. The van der Waals surface area contributed by atoms with Gasteiger partial charge in [-0.05, 0) is 212 Å². The molecule has 0 bridgehead atoms. The van der Waals surface area contributed by atoms with Crippen molar-refractivity contribution in [2.45, 2.75) is 88.8 Å². The standard InChI is InChI=1S/C17H16F2I2O2.C17H20O6S2.C11H16O3S.C7H6FIO/c1-10-6-12(18)8-14(20)16(10)22-4-3-5-23-17-11(2)7-13(19)9-15(17)21;1-14-4-8-16(9-5-14)24(18,19)22-12-3-13-23-25(20,21)17-10-6-15(2)7-11-17;1-3-4-9-14-15(12,13)11-7-5-10(2)6-8-11;1-4-2-5(8)3-6(9)7(4)10/h6-9H,3-5H2,1-2H3;4-11H,3,12-13H2,1-2H3;5-8H,3-4,9H2,1-2H3;2-3,10H,1H3. The van der Waals surface area contributed by atoms with Crippen LogP contribution in [-0.2, 0) is 42.9 Å². The molecule has 6 rings (SSSR count). The Balaban J connectivity index is 0.000000270. The largest absolute Gasteiger partial charge is 0.507 e. The van der Waals surface area contributed by atoms with Gasteiger partial charge in [-0.3, -0.25) is 12.5 Å². The zero-order valence-electron chi connectivity index (χ0n) is 41.2. The predicted octanol–water partition coefficient (Wildman–Crippen LogP) is 13.4. The lowest BCUT2D eigenvalue weighted by Gasteiger charge is -2.13. The molecule has 0 aliphatic heterocycles. The van der Waals surface area contributed by atoms with Gasteiger partial charge in [-0.1, -0.05) is 66.4 Å². The lowest BCUT2D eigenvalue weighted by Crippen LogP contribution is -2.12. The quantitative estimate of drug-likeness (QED) is 0.0463. The lowest BCUT2D eigenvalue weighted by molar-refractivity contribution is 0.243.